The molecule has 0 aromatic heterocycles. The van der Waals surface area contributed by atoms with Crippen LogP contribution in [-0.2, 0) is 4.74 Å². The van der Waals surface area contributed by atoms with Crippen molar-refractivity contribution in [2.75, 3.05) is 14.2 Å². The zero-order valence-corrected chi connectivity index (χ0v) is 15.4. The summed E-state index contributed by atoms with van der Waals surface area (Å²) in [7, 11) is 4.20. The van der Waals surface area contributed by atoms with Crippen LogP contribution in [0, 0.1) is 11.8 Å². The van der Waals surface area contributed by atoms with Gasteiger partial charge in [-0.2, -0.15) is 0 Å². The van der Waals surface area contributed by atoms with Crippen LogP contribution in [0.15, 0.2) is 18.2 Å². The van der Waals surface area contributed by atoms with E-state index in [9.17, 15) is 0 Å². The molecule has 5 atom stereocenters. The predicted octanol–water partition coefficient (Wildman–Crippen LogP) is 4.98. The van der Waals surface area contributed by atoms with E-state index in [1.165, 1.54) is 37.7 Å². The first-order valence-electron chi connectivity index (χ1n) is 8.80. The molecular weight excluding hydrogens is 329 g/mol. The Hall–Kier alpha value is -0.280. The Labute approximate surface area is 149 Å². The van der Waals surface area contributed by atoms with E-state index in [1.54, 1.807) is 0 Å². The number of hydrogen-bond donors (Lipinski definition) is 0. The highest BCUT2D eigenvalue weighted by molar-refractivity contribution is 6.42. The van der Waals surface area contributed by atoms with Crippen molar-refractivity contribution in [1.29, 1.82) is 0 Å². The Kier molecular flexibility index (Phi) is 4.38. The molecule has 4 rings (SSSR count). The molecule has 126 valence electrons. The average Bonchev–Trinajstić information content (AvgIpc) is 3.33. The van der Waals surface area contributed by atoms with Crippen LogP contribution in [-0.4, -0.2) is 37.2 Å². The molecule has 0 N–H and O–H groups in total. The van der Waals surface area contributed by atoms with E-state index in [4.69, 9.17) is 27.9 Å². The van der Waals surface area contributed by atoms with Crippen molar-refractivity contribution in [3.05, 3.63) is 33.8 Å². The molecular formula is C19H25Cl2NO. The van der Waals surface area contributed by atoms with Crippen molar-refractivity contribution < 1.29 is 4.74 Å². The Bertz CT molecular complexity index is 587. The van der Waals surface area contributed by atoms with Gasteiger partial charge in [0, 0.05) is 25.1 Å². The summed E-state index contributed by atoms with van der Waals surface area (Å²) in [6.45, 7) is 0. The maximum Gasteiger partial charge on any atom is 0.0648 e. The molecule has 1 aromatic rings. The Morgan fingerprint density at radius 1 is 1.13 bits per heavy atom. The van der Waals surface area contributed by atoms with E-state index in [-0.39, 0.29) is 0 Å². The minimum atomic E-state index is 0.376. The fourth-order valence-corrected chi connectivity index (χ4v) is 5.45. The smallest absolute Gasteiger partial charge is 0.0648 e. The molecule has 3 aliphatic rings. The first-order chi connectivity index (χ1) is 11.1. The van der Waals surface area contributed by atoms with E-state index in [1.807, 2.05) is 13.2 Å². The normalized spacial score (nSPS) is 35.5. The molecule has 1 saturated carbocycles. The second-order valence-electron chi connectivity index (χ2n) is 7.59. The second kappa shape index (κ2) is 6.22. The van der Waals surface area contributed by atoms with Gasteiger partial charge in [-0.05, 0) is 68.7 Å². The molecule has 4 heteroatoms. The highest BCUT2D eigenvalue weighted by Gasteiger charge is 2.52. The maximum atomic E-state index is 6.31. The SMILES string of the molecule is COC(C1CC1)[C@@H]1[C@@H](c2ccc(Cl)c(Cl)c2)CC2CC[C@H]1N2C. The van der Waals surface area contributed by atoms with Crippen molar-refractivity contribution in [1.82, 2.24) is 4.90 Å². The highest BCUT2D eigenvalue weighted by Crippen LogP contribution is 2.52. The van der Waals surface area contributed by atoms with Crippen LogP contribution in [0.5, 0.6) is 0 Å². The number of nitrogens with zero attached hydrogens (tertiary/aromatic N) is 1. The number of piperidine rings is 1. The van der Waals surface area contributed by atoms with Crippen molar-refractivity contribution in [2.24, 2.45) is 11.8 Å². The van der Waals surface area contributed by atoms with Gasteiger partial charge in [0.1, 0.15) is 0 Å². The number of fused-ring (bicyclic) bond motifs is 2. The molecule has 0 spiro atoms. The van der Waals surface area contributed by atoms with Gasteiger partial charge in [-0.25, -0.2) is 0 Å². The van der Waals surface area contributed by atoms with Gasteiger partial charge in [0.25, 0.3) is 0 Å². The predicted molar refractivity (Wildman–Crippen MR) is 95.4 cm³/mol. The summed E-state index contributed by atoms with van der Waals surface area (Å²) in [6, 6.07) is 7.56. The van der Waals surface area contributed by atoms with Crippen molar-refractivity contribution in [2.45, 2.75) is 56.2 Å². The van der Waals surface area contributed by atoms with Crippen LogP contribution in [0.2, 0.25) is 10.0 Å². The molecule has 3 fully saturated rings. The van der Waals surface area contributed by atoms with Crippen LogP contribution >= 0.6 is 23.2 Å². The minimum absolute atomic E-state index is 0.376. The molecule has 2 heterocycles. The van der Waals surface area contributed by atoms with Crippen LogP contribution in [0.25, 0.3) is 0 Å². The fourth-order valence-electron chi connectivity index (χ4n) is 5.15. The lowest BCUT2D eigenvalue weighted by Gasteiger charge is -2.46. The van der Waals surface area contributed by atoms with E-state index >= 15 is 0 Å². The zero-order valence-electron chi connectivity index (χ0n) is 13.8. The van der Waals surface area contributed by atoms with Crippen molar-refractivity contribution in [3.63, 3.8) is 0 Å². The first kappa shape index (κ1) is 16.2. The maximum absolute atomic E-state index is 6.31. The van der Waals surface area contributed by atoms with Gasteiger partial charge in [0.2, 0.25) is 0 Å². The van der Waals surface area contributed by atoms with E-state index in [0.29, 0.717) is 40.1 Å². The van der Waals surface area contributed by atoms with E-state index in [0.717, 1.165) is 5.92 Å². The third kappa shape index (κ3) is 2.82. The molecule has 0 amide bonds. The molecule has 1 aromatic carbocycles. The lowest BCUT2D eigenvalue weighted by atomic mass is 9.72. The summed E-state index contributed by atoms with van der Waals surface area (Å²) in [5.74, 6) is 1.85. The molecule has 2 saturated heterocycles. The van der Waals surface area contributed by atoms with Gasteiger partial charge in [-0.1, -0.05) is 29.3 Å². The molecule has 2 nitrogen and oxygen atoms in total. The molecule has 23 heavy (non-hydrogen) atoms. The monoisotopic (exact) mass is 353 g/mol. The molecule has 2 aliphatic heterocycles. The van der Waals surface area contributed by atoms with Gasteiger partial charge in [0.05, 0.1) is 16.1 Å². The Morgan fingerprint density at radius 3 is 2.57 bits per heavy atom. The van der Waals surface area contributed by atoms with Crippen molar-refractivity contribution >= 4 is 23.2 Å². The largest absolute Gasteiger partial charge is 0.381 e. The van der Waals surface area contributed by atoms with Crippen LogP contribution in [0.1, 0.15) is 43.6 Å². The van der Waals surface area contributed by atoms with Crippen LogP contribution in [0.4, 0.5) is 0 Å². The van der Waals surface area contributed by atoms with Gasteiger partial charge in [0.15, 0.2) is 0 Å². The topological polar surface area (TPSA) is 12.5 Å². The molecule has 2 unspecified atom stereocenters. The first-order valence-corrected chi connectivity index (χ1v) is 9.55. The quantitative estimate of drug-likeness (QED) is 0.756. The zero-order chi connectivity index (χ0) is 16.1. The number of rotatable bonds is 4. The average molecular weight is 354 g/mol. The fraction of sp³-hybridized carbons (Fsp3) is 0.684. The number of benzene rings is 1. The van der Waals surface area contributed by atoms with Gasteiger partial charge in [-0.3, -0.25) is 0 Å². The molecule has 2 bridgehead atoms. The van der Waals surface area contributed by atoms with E-state index in [2.05, 4.69) is 24.1 Å². The summed E-state index contributed by atoms with van der Waals surface area (Å²) in [5, 5.41) is 1.32. The third-order valence-electron chi connectivity index (χ3n) is 6.44. The number of ether oxygens (including phenoxy) is 1. The van der Waals surface area contributed by atoms with Gasteiger partial charge >= 0.3 is 0 Å². The highest BCUT2D eigenvalue weighted by atomic mass is 35.5. The summed E-state index contributed by atoms with van der Waals surface area (Å²) in [4.78, 5) is 2.62. The van der Waals surface area contributed by atoms with Gasteiger partial charge < -0.3 is 9.64 Å². The van der Waals surface area contributed by atoms with Gasteiger partial charge in [-0.15, -0.1) is 0 Å². The molecule has 0 radical (unpaired) electrons. The lowest BCUT2D eigenvalue weighted by molar-refractivity contribution is -0.0320. The minimum Gasteiger partial charge on any atom is -0.381 e. The number of hydrogen-bond acceptors (Lipinski definition) is 2. The van der Waals surface area contributed by atoms with Crippen molar-refractivity contribution in [3.8, 4) is 0 Å². The standard InChI is InChI=1S/C19H25Cl2NO/c1-22-13-6-8-17(22)18(19(23-2)11-3-4-11)14(10-13)12-5-7-15(20)16(21)9-12/h5,7,9,11,13-14,17-19H,3-4,6,8,10H2,1-2H3/t13?,14-,17-,18-,19?/m1/s1. The third-order valence-corrected chi connectivity index (χ3v) is 7.18. The Balaban J connectivity index is 1.71. The van der Waals surface area contributed by atoms with Crippen LogP contribution in [0.3, 0.4) is 0 Å². The lowest BCUT2D eigenvalue weighted by Crippen LogP contribution is -2.51. The number of methoxy groups -OCH3 is 1. The van der Waals surface area contributed by atoms with E-state index < -0.39 is 0 Å². The summed E-state index contributed by atoms with van der Waals surface area (Å²) in [6.07, 6.45) is 6.85. The summed E-state index contributed by atoms with van der Waals surface area (Å²) < 4.78 is 6.03. The molecule has 1 aliphatic carbocycles. The second-order valence-corrected chi connectivity index (χ2v) is 8.41. The number of halogens is 2. The summed E-state index contributed by atoms with van der Waals surface area (Å²) >= 11 is 12.4. The van der Waals surface area contributed by atoms with Crippen LogP contribution < -0.4 is 0 Å². The Morgan fingerprint density at radius 2 is 1.91 bits per heavy atom. The summed E-state index contributed by atoms with van der Waals surface area (Å²) in [5.41, 5.74) is 1.34.